The molecule has 0 rings (SSSR count). The Morgan fingerprint density at radius 1 is 1.31 bits per heavy atom. The molecular formula is C11H23N3OS. The third-order valence-corrected chi connectivity index (χ3v) is 2.69. The monoisotopic (exact) mass is 245 g/mol. The summed E-state index contributed by atoms with van der Waals surface area (Å²) in [5.41, 5.74) is 5.41. The normalized spacial score (nSPS) is 10.5. The maximum absolute atomic E-state index is 11.7. The molecule has 0 aromatic carbocycles. The highest BCUT2D eigenvalue weighted by Gasteiger charge is 2.11. The predicted molar refractivity (Wildman–Crippen MR) is 71.4 cm³/mol. The number of nitrogens with zero attached hydrogens (tertiary/aromatic N) is 2. The van der Waals surface area contributed by atoms with Crippen molar-refractivity contribution < 1.29 is 4.79 Å². The van der Waals surface area contributed by atoms with Crippen LogP contribution >= 0.6 is 12.2 Å². The van der Waals surface area contributed by atoms with Gasteiger partial charge in [0.15, 0.2) is 0 Å². The fraction of sp³-hybridized carbons (Fsp3) is 0.818. The SMILES string of the molecule is CCN(CC)C(=O)CN(C)CCCC(N)=S. The fourth-order valence-electron chi connectivity index (χ4n) is 1.51. The summed E-state index contributed by atoms with van der Waals surface area (Å²) in [5.74, 6) is 0.183. The molecule has 1 amide bonds. The van der Waals surface area contributed by atoms with Crippen molar-refractivity contribution in [2.45, 2.75) is 26.7 Å². The van der Waals surface area contributed by atoms with Crippen LogP contribution in [0.4, 0.5) is 0 Å². The van der Waals surface area contributed by atoms with Crippen molar-refractivity contribution in [1.29, 1.82) is 0 Å². The van der Waals surface area contributed by atoms with Crippen molar-refractivity contribution in [2.75, 3.05) is 33.2 Å². The highest BCUT2D eigenvalue weighted by Crippen LogP contribution is 1.96. The van der Waals surface area contributed by atoms with E-state index in [4.69, 9.17) is 18.0 Å². The van der Waals surface area contributed by atoms with Gasteiger partial charge < -0.3 is 10.6 Å². The molecule has 5 heteroatoms. The number of thiocarbonyl (C=S) groups is 1. The molecule has 0 unspecified atom stereocenters. The number of amides is 1. The molecule has 0 heterocycles. The summed E-state index contributed by atoms with van der Waals surface area (Å²) < 4.78 is 0. The minimum absolute atomic E-state index is 0.183. The summed E-state index contributed by atoms with van der Waals surface area (Å²) in [5, 5.41) is 0. The van der Waals surface area contributed by atoms with Crippen molar-refractivity contribution in [2.24, 2.45) is 5.73 Å². The van der Waals surface area contributed by atoms with E-state index < -0.39 is 0 Å². The molecular weight excluding hydrogens is 222 g/mol. The summed E-state index contributed by atoms with van der Waals surface area (Å²) >= 11 is 4.80. The Labute approximate surface area is 104 Å². The molecule has 0 radical (unpaired) electrons. The Hall–Kier alpha value is -0.680. The lowest BCUT2D eigenvalue weighted by Crippen LogP contribution is -2.39. The first-order chi connectivity index (χ1) is 7.51. The van der Waals surface area contributed by atoms with Gasteiger partial charge in [0.2, 0.25) is 5.91 Å². The third-order valence-electron chi connectivity index (χ3n) is 2.48. The first-order valence-corrected chi connectivity index (χ1v) is 6.16. The number of carbonyl (C=O) groups excluding carboxylic acids is 1. The van der Waals surface area contributed by atoms with Gasteiger partial charge in [-0.1, -0.05) is 12.2 Å². The van der Waals surface area contributed by atoms with Crippen LogP contribution in [-0.4, -0.2) is 53.9 Å². The Balaban J connectivity index is 3.81. The largest absolute Gasteiger partial charge is 0.393 e. The van der Waals surface area contributed by atoms with E-state index >= 15 is 0 Å². The van der Waals surface area contributed by atoms with Gasteiger partial charge in [-0.15, -0.1) is 0 Å². The smallest absolute Gasteiger partial charge is 0.236 e. The molecule has 0 bridgehead atoms. The summed E-state index contributed by atoms with van der Waals surface area (Å²) in [7, 11) is 1.95. The van der Waals surface area contributed by atoms with Crippen molar-refractivity contribution in [3.63, 3.8) is 0 Å². The van der Waals surface area contributed by atoms with E-state index in [1.54, 1.807) is 0 Å². The first kappa shape index (κ1) is 15.3. The van der Waals surface area contributed by atoms with E-state index in [1.165, 1.54) is 0 Å². The zero-order valence-corrected chi connectivity index (χ0v) is 11.3. The molecule has 0 aliphatic rings. The number of rotatable bonds is 8. The van der Waals surface area contributed by atoms with Crippen LogP contribution in [0.2, 0.25) is 0 Å². The lowest BCUT2D eigenvalue weighted by Gasteiger charge is -2.22. The summed E-state index contributed by atoms with van der Waals surface area (Å²) in [4.78, 5) is 16.1. The van der Waals surface area contributed by atoms with E-state index in [0.29, 0.717) is 11.5 Å². The fourth-order valence-corrected chi connectivity index (χ4v) is 1.65. The van der Waals surface area contributed by atoms with Crippen LogP contribution in [0.5, 0.6) is 0 Å². The molecule has 4 nitrogen and oxygen atoms in total. The van der Waals surface area contributed by atoms with Crippen molar-refractivity contribution in [3.8, 4) is 0 Å². The molecule has 16 heavy (non-hydrogen) atoms. The molecule has 0 saturated carbocycles. The maximum atomic E-state index is 11.7. The van der Waals surface area contributed by atoms with Gasteiger partial charge in [-0.25, -0.2) is 0 Å². The average Bonchev–Trinajstić information content (AvgIpc) is 2.18. The summed E-state index contributed by atoms with van der Waals surface area (Å²) in [6, 6.07) is 0. The van der Waals surface area contributed by atoms with Gasteiger partial charge in [0.1, 0.15) is 0 Å². The second-order valence-electron chi connectivity index (χ2n) is 3.87. The number of likely N-dealkylation sites (N-methyl/N-ethyl adjacent to an activating group) is 2. The van der Waals surface area contributed by atoms with Crippen LogP contribution in [-0.2, 0) is 4.79 Å². The Kier molecular flexibility index (Phi) is 8.11. The zero-order chi connectivity index (χ0) is 12.6. The first-order valence-electron chi connectivity index (χ1n) is 5.75. The second-order valence-corrected chi connectivity index (χ2v) is 4.40. The highest BCUT2D eigenvalue weighted by atomic mass is 32.1. The third kappa shape index (κ3) is 6.74. The molecule has 0 atom stereocenters. The number of hydrogen-bond acceptors (Lipinski definition) is 3. The van der Waals surface area contributed by atoms with Crippen LogP contribution in [0.15, 0.2) is 0 Å². The second kappa shape index (κ2) is 8.47. The van der Waals surface area contributed by atoms with Crippen molar-refractivity contribution in [1.82, 2.24) is 9.80 Å². The quantitative estimate of drug-likeness (QED) is 0.644. The molecule has 0 aromatic heterocycles. The number of carbonyl (C=O) groups is 1. The number of hydrogen-bond donors (Lipinski definition) is 1. The van der Waals surface area contributed by atoms with E-state index in [9.17, 15) is 4.79 Å². The maximum Gasteiger partial charge on any atom is 0.236 e. The van der Waals surface area contributed by atoms with Gasteiger partial charge in [0.25, 0.3) is 0 Å². The summed E-state index contributed by atoms with van der Waals surface area (Å²) in [6.07, 6.45) is 1.66. The van der Waals surface area contributed by atoms with Crippen LogP contribution in [0, 0.1) is 0 Å². The van der Waals surface area contributed by atoms with Crippen molar-refractivity contribution >= 4 is 23.1 Å². The van der Waals surface area contributed by atoms with Gasteiger partial charge in [0.05, 0.1) is 11.5 Å². The molecule has 0 fully saturated rings. The Bertz CT molecular complexity index is 229. The van der Waals surface area contributed by atoms with E-state index in [0.717, 1.165) is 32.5 Å². The molecule has 0 aromatic rings. The Morgan fingerprint density at radius 2 is 1.88 bits per heavy atom. The molecule has 0 aliphatic heterocycles. The lowest BCUT2D eigenvalue weighted by molar-refractivity contribution is -0.131. The van der Waals surface area contributed by atoms with Gasteiger partial charge in [0, 0.05) is 13.1 Å². The minimum atomic E-state index is 0.183. The summed E-state index contributed by atoms with van der Waals surface area (Å²) in [6.45, 7) is 6.86. The molecule has 0 aliphatic carbocycles. The molecule has 94 valence electrons. The minimum Gasteiger partial charge on any atom is -0.393 e. The highest BCUT2D eigenvalue weighted by molar-refractivity contribution is 7.80. The van der Waals surface area contributed by atoms with Crippen LogP contribution in [0.1, 0.15) is 26.7 Å². The van der Waals surface area contributed by atoms with Crippen LogP contribution < -0.4 is 5.73 Å². The zero-order valence-electron chi connectivity index (χ0n) is 10.5. The van der Waals surface area contributed by atoms with E-state index in [-0.39, 0.29) is 5.91 Å². The topological polar surface area (TPSA) is 49.6 Å². The number of nitrogens with two attached hydrogens (primary N) is 1. The average molecular weight is 245 g/mol. The Morgan fingerprint density at radius 3 is 2.31 bits per heavy atom. The van der Waals surface area contributed by atoms with Gasteiger partial charge >= 0.3 is 0 Å². The van der Waals surface area contributed by atoms with Gasteiger partial charge in [-0.2, -0.15) is 0 Å². The lowest BCUT2D eigenvalue weighted by atomic mass is 10.3. The standard InChI is InChI=1S/C11H23N3OS/c1-4-14(5-2)11(15)9-13(3)8-6-7-10(12)16/h4-9H2,1-3H3,(H2,12,16). The van der Waals surface area contributed by atoms with Crippen LogP contribution in [0.25, 0.3) is 0 Å². The van der Waals surface area contributed by atoms with Gasteiger partial charge in [-0.3, -0.25) is 9.69 Å². The van der Waals surface area contributed by atoms with E-state index in [1.807, 2.05) is 30.7 Å². The molecule has 2 N–H and O–H groups in total. The van der Waals surface area contributed by atoms with E-state index in [2.05, 4.69) is 0 Å². The van der Waals surface area contributed by atoms with Gasteiger partial charge in [-0.05, 0) is 40.3 Å². The van der Waals surface area contributed by atoms with Crippen molar-refractivity contribution in [3.05, 3.63) is 0 Å². The van der Waals surface area contributed by atoms with Crippen LogP contribution in [0.3, 0.4) is 0 Å². The predicted octanol–water partition coefficient (Wildman–Crippen LogP) is 0.853. The molecule has 0 spiro atoms. The molecule has 0 saturated heterocycles.